The molecule has 1 aromatic heterocycles. The van der Waals surface area contributed by atoms with Crippen molar-refractivity contribution in [1.29, 1.82) is 0 Å². The maximum atomic E-state index is 12.2. The van der Waals surface area contributed by atoms with Gasteiger partial charge in [-0.05, 0) is 32.0 Å². The summed E-state index contributed by atoms with van der Waals surface area (Å²) in [6.07, 6.45) is 0. The van der Waals surface area contributed by atoms with E-state index in [1.807, 2.05) is 25.6 Å². The van der Waals surface area contributed by atoms with E-state index in [2.05, 4.69) is 26.3 Å². The Morgan fingerprint density at radius 3 is 2.75 bits per heavy atom. The summed E-state index contributed by atoms with van der Waals surface area (Å²) >= 11 is 9.38. The van der Waals surface area contributed by atoms with E-state index in [0.717, 1.165) is 21.4 Å². The van der Waals surface area contributed by atoms with Gasteiger partial charge < -0.3 is 5.32 Å². The van der Waals surface area contributed by atoms with Gasteiger partial charge >= 0.3 is 0 Å². The highest BCUT2D eigenvalue weighted by Crippen LogP contribution is 2.21. The number of carbonyl (C=O) groups is 1. The Labute approximate surface area is 131 Å². The smallest absolute Gasteiger partial charge is 0.253 e. The zero-order chi connectivity index (χ0) is 14.9. The van der Waals surface area contributed by atoms with Crippen molar-refractivity contribution in [3.63, 3.8) is 0 Å². The summed E-state index contributed by atoms with van der Waals surface area (Å²) in [4.78, 5) is 12.2. The summed E-state index contributed by atoms with van der Waals surface area (Å²) in [6, 6.07) is 5.20. The number of hydrogen-bond acceptors (Lipinski definition) is 2. The number of halogens is 2. The third-order valence-corrected chi connectivity index (χ3v) is 4.08. The lowest BCUT2D eigenvalue weighted by Gasteiger charge is -2.08. The van der Waals surface area contributed by atoms with Crippen LogP contribution in [0.15, 0.2) is 22.7 Å². The van der Waals surface area contributed by atoms with Crippen molar-refractivity contribution in [3.05, 3.63) is 50.2 Å². The topological polar surface area (TPSA) is 46.9 Å². The van der Waals surface area contributed by atoms with Gasteiger partial charge in [-0.25, -0.2) is 0 Å². The quantitative estimate of drug-likeness (QED) is 0.916. The van der Waals surface area contributed by atoms with E-state index in [1.54, 1.807) is 18.2 Å². The lowest BCUT2D eigenvalue weighted by molar-refractivity contribution is 0.0951. The second kappa shape index (κ2) is 5.97. The fourth-order valence-electron chi connectivity index (χ4n) is 2.01. The summed E-state index contributed by atoms with van der Waals surface area (Å²) in [5.74, 6) is -0.195. The Hall–Kier alpha value is -1.33. The molecular formula is C14H15BrClN3O. The number of aromatic nitrogens is 2. The Morgan fingerprint density at radius 2 is 2.15 bits per heavy atom. The molecule has 0 fully saturated rings. The van der Waals surface area contributed by atoms with Gasteiger partial charge in [0, 0.05) is 29.3 Å². The molecule has 20 heavy (non-hydrogen) atoms. The predicted molar refractivity (Wildman–Crippen MR) is 83.0 cm³/mol. The van der Waals surface area contributed by atoms with E-state index < -0.39 is 0 Å². The van der Waals surface area contributed by atoms with Crippen molar-refractivity contribution < 1.29 is 4.79 Å². The summed E-state index contributed by atoms with van der Waals surface area (Å²) in [5, 5.41) is 7.64. The molecule has 106 valence electrons. The number of benzene rings is 1. The fourth-order valence-corrected chi connectivity index (χ4v) is 2.57. The van der Waals surface area contributed by atoms with Gasteiger partial charge in [0.25, 0.3) is 5.91 Å². The van der Waals surface area contributed by atoms with Gasteiger partial charge in [0.1, 0.15) is 0 Å². The number of carbonyl (C=O) groups excluding carboxylic acids is 1. The lowest BCUT2D eigenvalue weighted by atomic mass is 10.1. The van der Waals surface area contributed by atoms with E-state index in [4.69, 9.17) is 11.6 Å². The van der Waals surface area contributed by atoms with Gasteiger partial charge in [-0.3, -0.25) is 9.48 Å². The van der Waals surface area contributed by atoms with E-state index >= 15 is 0 Å². The van der Waals surface area contributed by atoms with Crippen LogP contribution in [-0.4, -0.2) is 15.7 Å². The molecule has 4 nitrogen and oxygen atoms in total. The Morgan fingerprint density at radius 1 is 1.45 bits per heavy atom. The van der Waals surface area contributed by atoms with Crippen molar-refractivity contribution in [1.82, 2.24) is 15.1 Å². The normalized spacial score (nSPS) is 10.7. The molecule has 0 saturated heterocycles. The van der Waals surface area contributed by atoms with E-state index in [0.29, 0.717) is 17.1 Å². The third-order valence-electron chi connectivity index (χ3n) is 3.26. The number of aryl methyl sites for hydroxylation is 2. The highest BCUT2D eigenvalue weighted by atomic mass is 79.9. The van der Waals surface area contributed by atoms with Gasteiger partial charge in [-0.2, -0.15) is 5.10 Å². The van der Waals surface area contributed by atoms with Crippen LogP contribution in [0.4, 0.5) is 0 Å². The van der Waals surface area contributed by atoms with Gasteiger partial charge in [0.2, 0.25) is 0 Å². The first-order valence-electron chi connectivity index (χ1n) is 6.12. The second-order valence-corrected chi connectivity index (χ2v) is 5.90. The van der Waals surface area contributed by atoms with Gasteiger partial charge in [0.05, 0.1) is 16.3 Å². The molecule has 0 unspecified atom stereocenters. The standard InChI is InChI=1S/C14H15BrClN3O/c1-8-12(9(2)19(3)18-8)7-17-14(20)11-6-10(15)4-5-13(11)16/h4-6H,7H2,1-3H3,(H,17,20). The molecule has 0 aliphatic carbocycles. The first kappa shape index (κ1) is 15.1. The van der Waals surface area contributed by atoms with Gasteiger partial charge in [-0.15, -0.1) is 0 Å². The van der Waals surface area contributed by atoms with Crippen molar-refractivity contribution in [2.24, 2.45) is 7.05 Å². The van der Waals surface area contributed by atoms with Crippen LogP contribution in [0.5, 0.6) is 0 Å². The highest BCUT2D eigenvalue weighted by Gasteiger charge is 2.14. The Bertz CT molecular complexity index is 667. The van der Waals surface area contributed by atoms with E-state index in [1.165, 1.54) is 0 Å². The van der Waals surface area contributed by atoms with Crippen molar-refractivity contribution in [2.75, 3.05) is 0 Å². The van der Waals surface area contributed by atoms with Crippen LogP contribution >= 0.6 is 27.5 Å². The molecule has 0 atom stereocenters. The average Bonchev–Trinajstić information content (AvgIpc) is 2.64. The third kappa shape index (κ3) is 3.04. The van der Waals surface area contributed by atoms with Gasteiger partial charge in [0.15, 0.2) is 0 Å². The van der Waals surface area contributed by atoms with Crippen molar-refractivity contribution in [2.45, 2.75) is 20.4 Å². The van der Waals surface area contributed by atoms with Crippen LogP contribution in [0.2, 0.25) is 5.02 Å². The van der Waals surface area contributed by atoms with Crippen LogP contribution < -0.4 is 5.32 Å². The molecule has 1 N–H and O–H groups in total. The molecule has 0 aliphatic rings. The first-order chi connectivity index (χ1) is 9.40. The fraction of sp³-hybridized carbons (Fsp3) is 0.286. The minimum absolute atomic E-state index is 0.195. The van der Waals surface area contributed by atoms with E-state index in [-0.39, 0.29) is 5.91 Å². The molecule has 0 radical (unpaired) electrons. The predicted octanol–water partition coefficient (Wildman–Crippen LogP) is 3.38. The zero-order valence-electron chi connectivity index (χ0n) is 11.5. The number of nitrogens with zero attached hydrogens (tertiary/aromatic N) is 2. The molecule has 6 heteroatoms. The minimum Gasteiger partial charge on any atom is -0.348 e. The zero-order valence-corrected chi connectivity index (χ0v) is 13.8. The van der Waals surface area contributed by atoms with Crippen molar-refractivity contribution >= 4 is 33.4 Å². The van der Waals surface area contributed by atoms with Crippen LogP contribution in [0.3, 0.4) is 0 Å². The molecule has 1 heterocycles. The molecule has 2 rings (SSSR count). The maximum absolute atomic E-state index is 12.2. The highest BCUT2D eigenvalue weighted by molar-refractivity contribution is 9.10. The molecule has 0 spiro atoms. The van der Waals surface area contributed by atoms with Crippen LogP contribution in [0.25, 0.3) is 0 Å². The molecule has 0 aliphatic heterocycles. The molecule has 0 bridgehead atoms. The first-order valence-corrected chi connectivity index (χ1v) is 7.29. The molecule has 0 saturated carbocycles. The van der Waals surface area contributed by atoms with Gasteiger partial charge in [-0.1, -0.05) is 27.5 Å². The minimum atomic E-state index is -0.195. The Balaban J connectivity index is 2.15. The number of nitrogens with one attached hydrogen (secondary N) is 1. The Kier molecular flexibility index (Phi) is 4.50. The lowest BCUT2D eigenvalue weighted by Crippen LogP contribution is -2.23. The average molecular weight is 357 g/mol. The molecule has 2 aromatic rings. The largest absolute Gasteiger partial charge is 0.348 e. The summed E-state index contributed by atoms with van der Waals surface area (Å²) in [6.45, 7) is 4.35. The monoisotopic (exact) mass is 355 g/mol. The SMILES string of the molecule is Cc1nn(C)c(C)c1CNC(=O)c1cc(Br)ccc1Cl. The van der Waals surface area contributed by atoms with Crippen LogP contribution in [0.1, 0.15) is 27.3 Å². The molecular weight excluding hydrogens is 342 g/mol. The maximum Gasteiger partial charge on any atom is 0.253 e. The van der Waals surface area contributed by atoms with Crippen LogP contribution in [0, 0.1) is 13.8 Å². The second-order valence-electron chi connectivity index (χ2n) is 4.58. The number of amides is 1. The molecule has 1 amide bonds. The van der Waals surface area contributed by atoms with Crippen molar-refractivity contribution in [3.8, 4) is 0 Å². The summed E-state index contributed by atoms with van der Waals surface area (Å²) in [5.41, 5.74) is 3.46. The number of rotatable bonds is 3. The number of hydrogen-bond donors (Lipinski definition) is 1. The summed E-state index contributed by atoms with van der Waals surface area (Å²) in [7, 11) is 1.89. The van der Waals surface area contributed by atoms with Crippen LogP contribution in [-0.2, 0) is 13.6 Å². The summed E-state index contributed by atoms with van der Waals surface area (Å²) < 4.78 is 2.63. The molecule has 1 aromatic carbocycles. The van der Waals surface area contributed by atoms with E-state index in [9.17, 15) is 4.79 Å².